The predicted molar refractivity (Wildman–Crippen MR) is 155 cm³/mol. The van der Waals surface area contributed by atoms with Crippen LogP contribution in [0.3, 0.4) is 0 Å². The van der Waals surface area contributed by atoms with Crippen LogP contribution in [0.5, 0.6) is 23.0 Å². The summed E-state index contributed by atoms with van der Waals surface area (Å²) in [7, 11) is 6.59. The van der Waals surface area contributed by atoms with E-state index in [9.17, 15) is 4.79 Å². The molecule has 3 aromatic rings. The molecule has 0 saturated heterocycles. The molecule has 0 aliphatic rings. The second kappa shape index (κ2) is 16.0. The van der Waals surface area contributed by atoms with E-state index < -0.39 is 0 Å². The third-order valence-electron chi connectivity index (χ3n) is 6.51. The molecule has 9 heteroatoms. The minimum atomic E-state index is -0.109. The van der Waals surface area contributed by atoms with E-state index in [0.29, 0.717) is 36.8 Å². The van der Waals surface area contributed by atoms with E-state index in [4.69, 9.17) is 18.9 Å². The highest BCUT2D eigenvalue weighted by atomic mass is 32.1. The van der Waals surface area contributed by atoms with Crippen molar-refractivity contribution in [3.8, 4) is 23.0 Å². The molecule has 1 aromatic heterocycles. The van der Waals surface area contributed by atoms with Gasteiger partial charge in [0.15, 0.2) is 11.5 Å². The topological polar surface area (TPSA) is 82.2 Å². The highest BCUT2D eigenvalue weighted by Gasteiger charge is 2.16. The number of nitrogens with one attached hydrogen (secondary N) is 1. The average Bonchev–Trinajstić information content (AvgIpc) is 3.44. The Morgan fingerprint density at radius 3 is 2.41 bits per heavy atom. The summed E-state index contributed by atoms with van der Waals surface area (Å²) in [6.45, 7) is 4.89. The standard InChI is InChI=1S/C30H41N3O5S/c1-6-7-8-9-15-31-30(34)25-21-39-29(32-25)20-33(19-23-11-12-24(35-2)18-27(23)37-4)16-14-22-10-13-26(36-3)28(17-22)38-5/h10-13,17-18,21H,6-9,14-16,19-20H2,1-5H3,(H,31,34). The summed E-state index contributed by atoms with van der Waals surface area (Å²) in [5, 5.41) is 5.74. The molecule has 1 amide bonds. The molecule has 212 valence electrons. The molecule has 0 aliphatic heterocycles. The fourth-order valence-electron chi connectivity index (χ4n) is 4.28. The van der Waals surface area contributed by atoms with Crippen LogP contribution in [0.1, 0.15) is 59.2 Å². The van der Waals surface area contributed by atoms with Gasteiger partial charge in [-0.2, -0.15) is 0 Å². The van der Waals surface area contributed by atoms with Gasteiger partial charge < -0.3 is 24.3 Å². The molecular weight excluding hydrogens is 514 g/mol. The smallest absolute Gasteiger partial charge is 0.270 e. The molecule has 0 atom stereocenters. The normalized spacial score (nSPS) is 10.9. The number of nitrogens with zero attached hydrogens (tertiary/aromatic N) is 2. The number of carbonyl (C=O) groups is 1. The first kappa shape index (κ1) is 30.2. The maximum atomic E-state index is 12.6. The van der Waals surface area contributed by atoms with Crippen LogP contribution in [0, 0.1) is 0 Å². The zero-order chi connectivity index (χ0) is 28.0. The Hall–Kier alpha value is -3.30. The first-order chi connectivity index (χ1) is 19.0. The Morgan fingerprint density at radius 1 is 0.897 bits per heavy atom. The van der Waals surface area contributed by atoms with E-state index in [1.807, 2.05) is 35.7 Å². The van der Waals surface area contributed by atoms with Crippen molar-refractivity contribution in [2.24, 2.45) is 0 Å². The maximum Gasteiger partial charge on any atom is 0.270 e. The summed E-state index contributed by atoms with van der Waals surface area (Å²) in [5.41, 5.74) is 2.67. The minimum Gasteiger partial charge on any atom is -0.497 e. The van der Waals surface area contributed by atoms with Crippen LogP contribution >= 0.6 is 11.3 Å². The molecule has 1 N–H and O–H groups in total. The molecular formula is C30H41N3O5S. The lowest BCUT2D eigenvalue weighted by atomic mass is 10.1. The van der Waals surface area contributed by atoms with Gasteiger partial charge in [-0.1, -0.05) is 38.3 Å². The van der Waals surface area contributed by atoms with Crippen molar-refractivity contribution in [3.05, 3.63) is 63.6 Å². The summed E-state index contributed by atoms with van der Waals surface area (Å²) in [4.78, 5) is 19.6. The second-order valence-electron chi connectivity index (χ2n) is 9.27. The average molecular weight is 556 g/mol. The number of unbranched alkanes of at least 4 members (excludes halogenated alkanes) is 3. The first-order valence-electron chi connectivity index (χ1n) is 13.4. The first-order valence-corrected chi connectivity index (χ1v) is 14.3. The quantitative estimate of drug-likeness (QED) is 0.213. The van der Waals surface area contributed by atoms with Gasteiger partial charge in [0.2, 0.25) is 0 Å². The molecule has 2 aromatic carbocycles. The molecule has 8 nitrogen and oxygen atoms in total. The Morgan fingerprint density at radius 2 is 1.69 bits per heavy atom. The van der Waals surface area contributed by atoms with Gasteiger partial charge in [0, 0.05) is 36.6 Å². The molecule has 0 fully saturated rings. The summed E-state index contributed by atoms with van der Waals surface area (Å²) in [6.07, 6.45) is 5.28. The van der Waals surface area contributed by atoms with Crippen molar-refractivity contribution in [2.75, 3.05) is 41.5 Å². The van der Waals surface area contributed by atoms with Gasteiger partial charge in [0.25, 0.3) is 5.91 Å². The molecule has 3 rings (SSSR count). The number of carbonyl (C=O) groups excluding carboxylic acids is 1. The lowest BCUT2D eigenvalue weighted by molar-refractivity contribution is 0.0948. The Labute approximate surface area is 236 Å². The lowest BCUT2D eigenvalue weighted by Gasteiger charge is -2.23. The van der Waals surface area contributed by atoms with Crippen molar-refractivity contribution in [3.63, 3.8) is 0 Å². The highest BCUT2D eigenvalue weighted by molar-refractivity contribution is 7.09. The van der Waals surface area contributed by atoms with E-state index in [-0.39, 0.29) is 5.91 Å². The van der Waals surface area contributed by atoms with Crippen LogP contribution in [0.25, 0.3) is 0 Å². The van der Waals surface area contributed by atoms with Gasteiger partial charge in [-0.05, 0) is 36.6 Å². The SMILES string of the molecule is CCCCCCNC(=O)c1csc(CN(CCc2ccc(OC)c(OC)c2)Cc2ccc(OC)cc2OC)n1. The molecule has 0 bridgehead atoms. The number of benzene rings is 2. The minimum absolute atomic E-state index is 0.109. The van der Waals surface area contributed by atoms with Crippen LogP contribution in [0.15, 0.2) is 41.8 Å². The highest BCUT2D eigenvalue weighted by Crippen LogP contribution is 2.29. The summed E-state index contributed by atoms with van der Waals surface area (Å²) < 4.78 is 21.9. The van der Waals surface area contributed by atoms with Crippen molar-refractivity contribution < 1.29 is 23.7 Å². The Kier molecular flexibility index (Phi) is 12.4. The number of amides is 1. The van der Waals surface area contributed by atoms with Crippen molar-refractivity contribution in [1.29, 1.82) is 0 Å². The predicted octanol–water partition coefficient (Wildman–Crippen LogP) is 5.73. The fraction of sp³-hybridized carbons (Fsp3) is 0.467. The van der Waals surface area contributed by atoms with Crippen LogP contribution in [-0.2, 0) is 19.5 Å². The second-order valence-corrected chi connectivity index (χ2v) is 10.2. The number of thiazole rings is 1. The summed E-state index contributed by atoms with van der Waals surface area (Å²) in [5.74, 6) is 2.83. The van der Waals surface area contributed by atoms with Crippen LogP contribution in [0.4, 0.5) is 0 Å². The number of hydrogen-bond acceptors (Lipinski definition) is 8. The van der Waals surface area contributed by atoms with Crippen molar-refractivity contribution in [1.82, 2.24) is 15.2 Å². The number of methoxy groups -OCH3 is 4. The lowest BCUT2D eigenvalue weighted by Crippen LogP contribution is -2.26. The van der Waals surface area contributed by atoms with E-state index in [0.717, 1.165) is 53.4 Å². The van der Waals surface area contributed by atoms with E-state index in [1.54, 1.807) is 28.4 Å². The molecule has 0 saturated carbocycles. The summed E-state index contributed by atoms with van der Waals surface area (Å²) in [6, 6.07) is 11.9. The van der Waals surface area contributed by atoms with E-state index >= 15 is 0 Å². The monoisotopic (exact) mass is 555 g/mol. The van der Waals surface area contributed by atoms with Gasteiger partial charge in [-0.25, -0.2) is 4.98 Å². The van der Waals surface area contributed by atoms with Gasteiger partial charge >= 0.3 is 0 Å². The molecule has 1 heterocycles. The van der Waals surface area contributed by atoms with Crippen molar-refractivity contribution in [2.45, 2.75) is 52.1 Å². The van der Waals surface area contributed by atoms with E-state index in [1.165, 1.54) is 24.2 Å². The molecule has 0 spiro atoms. The zero-order valence-corrected chi connectivity index (χ0v) is 24.6. The maximum absolute atomic E-state index is 12.6. The van der Waals surface area contributed by atoms with Gasteiger partial charge in [0.05, 0.1) is 35.0 Å². The van der Waals surface area contributed by atoms with Gasteiger partial charge in [-0.15, -0.1) is 11.3 Å². The zero-order valence-electron chi connectivity index (χ0n) is 23.7. The third-order valence-corrected chi connectivity index (χ3v) is 7.35. The van der Waals surface area contributed by atoms with Gasteiger partial charge in [0.1, 0.15) is 22.2 Å². The number of ether oxygens (including phenoxy) is 4. The molecule has 0 unspecified atom stereocenters. The van der Waals surface area contributed by atoms with E-state index in [2.05, 4.69) is 28.2 Å². The Balaban J connectivity index is 1.73. The number of rotatable bonds is 17. The number of hydrogen-bond donors (Lipinski definition) is 1. The van der Waals surface area contributed by atoms with Crippen LogP contribution in [-0.4, -0.2) is 57.3 Å². The number of aromatic nitrogens is 1. The summed E-state index contributed by atoms with van der Waals surface area (Å²) >= 11 is 1.51. The van der Waals surface area contributed by atoms with Crippen LogP contribution in [0.2, 0.25) is 0 Å². The molecule has 39 heavy (non-hydrogen) atoms. The van der Waals surface area contributed by atoms with Crippen LogP contribution < -0.4 is 24.3 Å². The fourth-order valence-corrected chi connectivity index (χ4v) is 5.10. The van der Waals surface area contributed by atoms with Gasteiger partial charge in [-0.3, -0.25) is 9.69 Å². The van der Waals surface area contributed by atoms with Crippen molar-refractivity contribution >= 4 is 17.2 Å². The Bertz CT molecular complexity index is 1180. The molecule has 0 radical (unpaired) electrons. The third kappa shape index (κ3) is 9.14. The molecule has 0 aliphatic carbocycles. The largest absolute Gasteiger partial charge is 0.497 e.